The SMILES string of the molecule is C=CCN(C(=O)[C@H]1[C@H]2C(=O)N([C@H](CO)c3ccccc3)C(C(=O)N(CC=C)c3c(C)cccc3Cl)C23CC(C)[C@]1(C)O3)c1ccccc1. The van der Waals surface area contributed by atoms with Gasteiger partial charge in [0.2, 0.25) is 11.8 Å². The molecule has 6 rings (SSSR count). The Morgan fingerprint density at radius 1 is 1.00 bits per heavy atom. The van der Waals surface area contributed by atoms with Crippen molar-refractivity contribution >= 4 is 40.7 Å². The smallest absolute Gasteiger partial charge is 0.253 e. The summed E-state index contributed by atoms with van der Waals surface area (Å²) in [6.07, 6.45) is 3.65. The van der Waals surface area contributed by atoms with E-state index in [2.05, 4.69) is 13.2 Å². The number of halogens is 1. The van der Waals surface area contributed by atoms with Crippen LogP contribution in [-0.2, 0) is 19.1 Å². The molecule has 3 unspecified atom stereocenters. The topological polar surface area (TPSA) is 90.4 Å². The van der Waals surface area contributed by atoms with Crippen LogP contribution in [0, 0.1) is 24.7 Å². The number of nitrogens with zero attached hydrogens (tertiary/aromatic N) is 3. The van der Waals surface area contributed by atoms with E-state index in [1.807, 2.05) is 93.6 Å². The molecule has 0 aromatic heterocycles. The molecule has 250 valence electrons. The number of hydrogen-bond acceptors (Lipinski definition) is 5. The minimum atomic E-state index is -1.35. The first-order chi connectivity index (χ1) is 23.0. The highest BCUT2D eigenvalue weighted by Crippen LogP contribution is 2.66. The molecule has 48 heavy (non-hydrogen) atoms. The maximum absolute atomic E-state index is 15.3. The molecule has 3 heterocycles. The monoisotopic (exact) mass is 667 g/mol. The van der Waals surface area contributed by atoms with Crippen molar-refractivity contribution in [1.82, 2.24) is 4.90 Å². The van der Waals surface area contributed by atoms with Crippen LogP contribution < -0.4 is 9.80 Å². The third-order valence-electron chi connectivity index (χ3n) is 10.6. The molecule has 0 saturated carbocycles. The molecule has 3 amide bonds. The van der Waals surface area contributed by atoms with Gasteiger partial charge in [-0.15, -0.1) is 13.2 Å². The van der Waals surface area contributed by atoms with Crippen molar-refractivity contribution in [1.29, 1.82) is 0 Å². The lowest BCUT2D eigenvalue weighted by atomic mass is 9.62. The van der Waals surface area contributed by atoms with Gasteiger partial charge in [0, 0.05) is 18.8 Å². The number of aryl methyl sites for hydroxylation is 1. The van der Waals surface area contributed by atoms with Gasteiger partial charge in [0.15, 0.2) is 0 Å². The Labute approximate surface area is 287 Å². The zero-order valence-corrected chi connectivity index (χ0v) is 28.3. The van der Waals surface area contributed by atoms with Gasteiger partial charge in [-0.1, -0.05) is 91.3 Å². The summed E-state index contributed by atoms with van der Waals surface area (Å²) in [4.78, 5) is 49.9. The Balaban J connectivity index is 1.55. The molecule has 3 saturated heterocycles. The van der Waals surface area contributed by atoms with Crippen LogP contribution >= 0.6 is 11.6 Å². The zero-order chi connectivity index (χ0) is 34.4. The lowest BCUT2D eigenvalue weighted by molar-refractivity contribution is -0.149. The number of likely N-dealkylation sites (tertiary alicyclic amines) is 1. The lowest BCUT2D eigenvalue weighted by Gasteiger charge is -2.40. The highest BCUT2D eigenvalue weighted by Gasteiger charge is 2.80. The summed E-state index contributed by atoms with van der Waals surface area (Å²) in [5, 5.41) is 11.3. The number of carbonyl (C=O) groups excluding carboxylic acids is 3. The van der Waals surface area contributed by atoms with E-state index in [9.17, 15) is 9.90 Å². The molecule has 3 aliphatic rings. The van der Waals surface area contributed by atoms with Crippen molar-refractivity contribution in [2.24, 2.45) is 17.8 Å². The van der Waals surface area contributed by atoms with Gasteiger partial charge in [0.05, 0.1) is 40.8 Å². The largest absolute Gasteiger partial charge is 0.394 e. The van der Waals surface area contributed by atoms with Crippen LogP contribution in [0.25, 0.3) is 0 Å². The van der Waals surface area contributed by atoms with E-state index < -0.39 is 53.5 Å². The van der Waals surface area contributed by atoms with E-state index in [0.717, 1.165) is 5.56 Å². The zero-order valence-electron chi connectivity index (χ0n) is 27.6. The molecule has 3 aliphatic heterocycles. The van der Waals surface area contributed by atoms with E-state index in [1.54, 1.807) is 28.0 Å². The standard InChI is InChI=1S/C39H42ClN3O5/c1-6-21-41(28-18-12-9-13-19-28)35(45)31-32-36(46)43(30(24-44)27-16-10-8-11-17-27)34(39(32)23-26(4)38(31,5)48-39)37(47)42(22-7-2)33-25(3)15-14-20-29(33)40/h6-20,26,30-32,34,44H,1-2,21-24H2,3-5H3/t26?,30-,31-,32+,34?,38+,39?/m1/s1. The molecule has 2 bridgehead atoms. The number of fused-ring (bicyclic) bond motifs is 1. The van der Waals surface area contributed by atoms with Crippen molar-refractivity contribution in [3.05, 3.63) is 120 Å². The van der Waals surface area contributed by atoms with Crippen molar-refractivity contribution in [3.63, 3.8) is 0 Å². The molecule has 3 aromatic rings. The number of amides is 3. The minimum Gasteiger partial charge on any atom is -0.394 e. The second-order valence-corrected chi connectivity index (χ2v) is 13.7. The minimum absolute atomic E-state index is 0.119. The fourth-order valence-electron chi connectivity index (χ4n) is 8.46. The lowest BCUT2D eigenvalue weighted by Crippen LogP contribution is -2.58. The molecule has 7 atom stereocenters. The average Bonchev–Trinajstić information content (AvgIpc) is 3.60. The summed E-state index contributed by atoms with van der Waals surface area (Å²) >= 11 is 6.74. The number of para-hydroxylation sites is 2. The second kappa shape index (κ2) is 13.0. The number of rotatable bonds is 11. The fourth-order valence-corrected chi connectivity index (χ4v) is 8.78. The second-order valence-electron chi connectivity index (χ2n) is 13.3. The number of aliphatic hydroxyl groups excluding tert-OH is 1. The Kier molecular flexibility index (Phi) is 9.11. The van der Waals surface area contributed by atoms with Gasteiger partial charge >= 0.3 is 0 Å². The Morgan fingerprint density at radius 3 is 2.23 bits per heavy atom. The molecular formula is C39H42ClN3O5. The third-order valence-corrected chi connectivity index (χ3v) is 10.9. The van der Waals surface area contributed by atoms with Gasteiger partial charge in [0.25, 0.3) is 5.91 Å². The van der Waals surface area contributed by atoms with Crippen molar-refractivity contribution in [2.75, 3.05) is 29.5 Å². The average molecular weight is 668 g/mol. The fraction of sp³-hybridized carbons (Fsp3) is 0.359. The first kappa shape index (κ1) is 33.7. The first-order valence-electron chi connectivity index (χ1n) is 16.4. The van der Waals surface area contributed by atoms with Gasteiger partial charge in [-0.2, -0.15) is 0 Å². The summed E-state index contributed by atoms with van der Waals surface area (Å²) in [5.41, 5.74) is 0.238. The summed E-state index contributed by atoms with van der Waals surface area (Å²) in [7, 11) is 0. The molecule has 0 aliphatic carbocycles. The van der Waals surface area contributed by atoms with Crippen LogP contribution in [0.15, 0.2) is 104 Å². The van der Waals surface area contributed by atoms with E-state index in [4.69, 9.17) is 16.3 Å². The maximum Gasteiger partial charge on any atom is 0.253 e. The van der Waals surface area contributed by atoms with E-state index in [0.29, 0.717) is 28.4 Å². The van der Waals surface area contributed by atoms with Crippen LogP contribution in [0.4, 0.5) is 11.4 Å². The van der Waals surface area contributed by atoms with Crippen molar-refractivity contribution < 1.29 is 24.2 Å². The predicted molar refractivity (Wildman–Crippen MR) is 188 cm³/mol. The summed E-state index contributed by atoms with van der Waals surface area (Å²) in [6.45, 7) is 13.5. The first-order valence-corrected chi connectivity index (χ1v) is 16.8. The normalized spacial score (nSPS) is 27.8. The molecule has 9 heteroatoms. The summed E-state index contributed by atoms with van der Waals surface area (Å²) in [6, 6.07) is 21.8. The molecule has 8 nitrogen and oxygen atoms in total. The number of aliphatic hydroxyl groups is 1. The van der Waals surface area contributed by atoms with Crippen molar-refractivity contribution in [2.45, 2.75) is 50.5 Å². The van der Waals surface area contributed by atoms with Crippen LogP contribution in [0.5, 0.6) is 0 Å². The predicted octanol–water partition coefficient (Wildman–Crippen LogP) is 6.13. The van der Waals surface area contributed by atoms with Crippen LogP contribution in [0.1, 0.15) is 37.4 Å². The molecule has 1 spiro atoms. The van der Waals surface area contributed by atoms with Crippen LogP contribution in [0.2, 0.25) is 5.02 Å². The van der Waals surface area contributed by atoms with E-state index in [-0.39, 0.29) is 24.9 Å². The number of carbonyl (C=O) groups is 3. The highest BCUT2D eigenvalue weighted by molar-refractivity contribution is 6.34. The van der Waals surface area contributed by atoms with Crippen LogP contribution in [-0.4, -0.2) is 64.7 Å². The number of anilines is 2. The van der Waals surface area contributed by atoms with Gasteiger partial charge in [-0.05, 0) is 55.5 Å². The van der Waals surface area contributed by atoms with Crippen LogP contribution in [0.3, 0.4) is 0 Å². The van der Waals surface area contributed by atoms with Gasteiger partial charge in [-0.25, -0.2) is 0 Å². The number of benzene rings is 3. The Morgan fingerprint density at radius 2 is 1.62 bits per heavy atom. The van der Waals surface area contributed by atoms with Gasteiger partial charge in [0.1, 0.15) is 11.6 Å². The highest BCUT2D eigenvalue weighted by atomic mass is 35.5. The van der Waals surface area contributed by atoms with Crippen molar-refractivity contribution in [3.8, 4) is 0 Å². The number of ether oxygens (including phenoxy) is 1. The Hall–Kier alpha value is -4.24. The molecule has 3 fully saturated rings. The molecule has 3 aromatic carbocycles. The molecule has 1 N–H and O–H groups in total. The van der Waals surface area contributed by atoms with Gasteiger partial charge in [-0.3, -0.25) is 14.4 Å². The molecular weight excluding hydrogens is 626 g/mol. The quantitative estimate of drug-likeness (QED) is 0.249. The maximum atomic E-state index is 15.3. The van der Waals surface area contributed by atoms with E-state index in [1.165, 1.54) is 4.90 Å². The van der Waals surface area contributed by atoms with Gasteiger partial charge < -0.3 is 24.5 Å². The van der Waals surface area contributed by atoms with E-state index >= 15 is 9.59 Å². The Bertz CT molecular complexity index is 1710. The molecule has 0 radical (unpaired) electrons. The third kappa shape index (κ3) is 5.09. The number of hydrogen-bond donors (Lipinski definition) is 1. The summed E-state index contributed by atoms with van der Waals surface area (Å²) in [5.74, 6) is -3.14. The summed E-state index contributed by atoms with van der Waals surface area (Å²) < 4.78 is 7.05.